The first-order chi connectivity index (χ1) is 16.2. The SMILES string of the molecule is CC(C)C[C@@H]1NC(=O)C2(CCCCOC[C@@H](C)NC1=O)CCN(Cc1c(F)cccc1F)CC2. The minimum absolute atomic E-state index is 0.0674. The Labute approximate surface area is 201 Å². The maximum atomic E-state index is 14.1. The van der Waals surface area contributed by atoms with Crippen molar-refractivity contribution in [3.63, 3.8) is 0 Å². The highest BCUT2D eigenvalue weighted by atomic mass is 19.1. The number of benzene rings is 1. The molecule has 0 unspecified atom stereocenters. The highest BCUT2D eigenvalue weighted by molar-refractivity contribution is 5.90. The minimum Gasteiger partial charge on any atom is -0.379 e. The fraction of sp³-hybridized carbons (Fsp3) is 0.692. The van der Waals surface area contributed by atoms with Crippen LogP contribution in [-0.4, -0.2) is 55.1 Å². The van der Waals surface area contributed by atoms with Gasteiger partial charge < -0.3 is 15.4 Å². The third-order valence-corrected chi connectivity index (χ3v) is 7.02. The van der Waals surface area contributed by atoms with Gasteiger partial charge in [0.05, 0.1) is 12.0 Å². The van der Waals surface area contributed by atoms with Crippen molar-refractivity contribution in [1.29, 1.82) is 0 Å². The first-order valence-corrected chi connectivity index (χ1v) is 12.5. The Morgan fingerprint density at radius 3 is 2.41 bits per heavy atom. The summed E-state index contributed by atoms with van der Waals surface area (Å²) in [7, 11) is 0. The van der Waals surface area contributed by atoms with Crippen molar-refractivity contribution in [2.45, 2.75) is 77.9 Å². The lowest BCUT2D eigenvalue weighted by molar-refractivity contribution is -0.138. The van der Waals surface area contributed by atoms with Crippen LogP contribution in [0.3, 0.4) is 0 Å². The normalized spacial score (nSPS) is 25.2. The molecule has 3 rings (SSSR count). The van der Waals surface area contributed by atoms with Gasteiger partial charge in [0.25, 0.3) is 0 Å². The van der Waals surface area contributed by atoms with E-state index >= 15 is 0 Å². The van der Waals surface area contributed by atoms with E-state index in [2.05, 4.69) is 10.6 Å². The van der Waals surface area contributed by atoms with Crippen molar-refractivity contribution < 1.29 is 23.1 Å². The van der Waals surface area contributed by atoms with Gasteiger partial charge in [0.2, 0.25) is 11.8 Å². The lowest BCUT2D eigenvalue weighted by Gasteiger charge is -2.41. The van der Waals surface area contributed by atoms with E-state index in [0.717, 1.165) is 12.8 Å². The zero-order chi connectivity index (χ0) is 24.7. The Bertz CT molecular complexity index is 820. The molecule has 0 bridgehead atoms. The topological polar surface area (TPSA) is 70.7 Å². The molecular formula is C26H39F2N3O3. The lowest BCUT2D eigenvalue weighted by atomic mass is 9.73. The van der Waals surface area contributed by atoms with Gasteiger partial charge in [-0.15, -0.1) is 0 Å². The van der Waals surface area contributed by atoms with Crippen molar-refractivity contribution in [2.24, 2.45) is 11.3 Å². The molecule has 0 aromatic heterocycles. The number of nitrogens with one attached hydrogen (secondary N) is 2. The Balaban J connectivity index is 1.74. The number of piperidine rings is 1. The van der Waals surface area contributed by atoms with Crippen molar-refractivity contribution >= 4 is 11.8 Å². The van der Waals surface area contributed by atoms with Crippen molar-refractivity contribution in [2.75, 3.05) is 26.3 Å². The van der Waals surface area contributed by atoms with Crippen LogP contribution in [0, 0.1) is 23.0 Å². The maximum absolute atomic E-state index is 14.1. The average Bonchev–Trinajstić information content (AvgIpc) is 2.79. The molecule has 0 radical (unpaired) electrons. The van der Waals surface area contributed by atoms with Crippen LogP contribution in [0.25, 0.3) is 0 Å². The second kappa shape index (κ2) is 12.1. The highest BCUT2D eigenvalue weighted by Crippen LogP contribution is 2.38. The fourth-order valence-corrected chi connectivity index (χ4v) is 4.96. The summed E-state index contributed by atoms with van der Waals surface area (Å²) in [4.78, 5) is 28.6. The van der Waals surface area contributed by atoms with Gasteiger partial charge in [0.1, 0.15) is 17.7 Å². The Morgan fingerprint density at radius 1 is 1.09 bits per heavy atom. The zero-order valence-corrected chi connectivity index (χ0v) is 20.7. The molecule has 190 valence electrons. The largest absolute Gasteiger partial charge is 0.379 e. The monoisotopic (exact) mass is 479 g/mol. The summed E-state index contributed by atoms with van der Waals surface area (Å²) >= 11 is 0. The molecule has 1 spiro atoms. The molecule has 0 aliphatic carbocycles. The van der Waals surface area contributed by atoms with Gasteiger partial charge in [-0.3, -0.25) is 14.5 Å². The predicted octanol–water partition coefficient (Wildman–Crippen LogP) is 3.78. The van der Waals surface area contributed by atoms with Gasteiger partial charge in [-0.25, -0.2) is 8.78 Å². The van der Waals surface area contributed by atoms with Crippen LogP contribution < -0.4 is 10.6 Å². The molecule has 2 amide bonds. The fourth-order valence-electron chi connectivity index (χ4n) is 4.96. The second-order valence-electron chi connectivity index (χ2n) is 10.4. The summed E-state index contributed by atoms with van der Waals surface area (Å²) in [6.45, 7) is 8.31. The number of carbonyl (C=O) groups excluding carboxylic acids is 2. The van der Waals surface area contributed by atoms with Gasteiger partial charge >= 0.3 is 0 Å². The zero-order valence-electron chi connectivity index (χ0n) is 20.7. The molecule has 34 heavy (non-hydrogen) atoms. The minimum atomic E-state index is -0.599. The molecule has 1 aromatic rings. The molecule has 2 heterocycles. The van der Waals surface area contributed by atoms with Gasteiger partial charge in [0.15, 0.2) is 0 Å². The van der Waals surface area contributed by atoms with E-state index in [-0.39, 0.29) is 35.9 Å². The number of rotatable bonds is 4. The van der Waals surface area contributed by atoms with Crippen molar-refractivity contribution in [3.8, 4) is 0 Å². The van der Waals surface area contributed by atoms with Crippen LogP contribution in [0.5, 0.6) is 0 Å². The number of likely N-dealkylation sites (tertiary alicyclic amines) is 1. The maximum Gasteiger partial charge on any atom is 0.242 e. The van der Waals surface area contributed by atoms with Crippen LogP contribution in [0.15, 0.2) is 18.2 Å². The van der Waals surface area contributed by atoms with Crippen molar-refractivity contribution in [3.05, 3.63) is 35.4 Å². The molecule has 2 saturated heterocycles. The summed E-state index contributed by atoms with van der Waals surface area (Å²) in [6.07, 6.45) is 4.12. The molecule has 8 heteroatoms. The van der Waals surface area contributed by atoms with E-state index in [1.54, 1.807) is 0 Å². The summed E-state index contributed by atoms with van der Waals surface area (Å²) in [5.41, 5.74) is -0.530. The van der Waals surface area contributed by atoms with Crippen molar-refractivity contribution in [1.82, 2.24) is 15.5 Å². The molecule has 1 aromatic carbocycles. The Morgan fingerprint density at radius 2 is 1.76 bits per heavy atom. The molecule has 2 fully saturated rings. The predicted molar refractivity (Wildman–Crippen MR) is 127 cm³/mol. The van der Waals surface area contributed by atoms with Gasteiger partial charge in [-0.1, -0.05) is 26.3 Å². The summed E-state index contributed by atoms with van der Waals surface area (Å²) < 4.78 is 34.0. The standard InChI is InChI=1S/C26H39F2N3O3/c1-18(2)15-23-24(32)29-19(3)17-34-14-5-4-9-26(25(33)30-23)10-12-31(13-11-26)16-20-21(27)7-6-8-22(20)28/h6-8,18-19,23H,4-5,9-17H2,1-3H3,(H,29,32)(H,30,33)/t19-,23+/m1/s1. The number of hydrogen-bond donors (Lipinski definition) is 2. The summed E-state index contributed by atoms with van der Waals surface area (Å²) in [5, 5.41) is 6.04. The summed E-state index contributed by atoms with van der Waals surface area (Å²) in [6, 6.07) is 3.18. The Kier molecular flexibility index (Phi) is 9.42. The number of halogens is 2. The van der Waals surface area contributed by atoms with E-state index < -0.39 is 23.1 Å². The Hall–Kier alpha value is -2.06. The van der Waals surface area contributed by atoms with Crippen LogP contribution >= 0.6 is 0 Å². The number of hydrogen-bond acceptors (Lipinski definition) is 4. The molecule has 2 N–H and O–H groups in total. The average molecular weight is 480 g/mol. The van der Waals surface area contributed by atoms with Crippen LogP contribution in [0.1, 0.15) is 64.9 Å². The molecular weight excluding hydrogens is 440 g/mol. The molecule has 6 nitrogen and oxygen atoms in total. The van der Waals surface area contributed by atoms with E-state index in [0.29, 0.717) is 52.0 Å². The molecule has 2 atom stereocenters. The van der Waals surface area contributed by atoms with Gasteiger partial charge in [-0.05, 0) is 70.2 Å². The number of carbonyl (C=O) groups is 2. The quantitative estimate of drug-likeness (QED) is 0.690. The number of ether oxygens (including phenoxy) is 1. The van der Waals surface area contributed by atoms with E-state index in [1.807, 2.05) is 25.7 Å². The molecule has 2 aliphatic heterocycles. The number of nitrogens with zero attached hydrogens (tertiary/aromatic N) is 1. The third-order valence-electron chi connectivity index (χ3n) is 7.02. The van der Waals surface area contributed by atoms with E-state index in [4.69, 9.17) is 4.74 Å². The molecule has 2 aliphatic rings. The second-order valence-corrected chi connectivity index (χ2v) is 10.4. The van der Waals surface area contributed by atoms with Crippen LogP contribution in [-0.2, 0) is 20.9 Å². The first kappa shape index (κ1) is 26.5. The van der Waals surface area contributed by atoms with Crippen LogP contribution in [0.4, 0.5) is 8.78 Å². The van der Waals surface area contributed by atoms with E-state index in [1.165, 1.54) is 18.2 Å². The number of amides is 2. The lowest BCUT2D eigenvalue weighted by Crippen LogP contribution is -2.55. The molecule has 0 saturated carbocycles. The summed E-state index contributed by atoms with van der Waals surface area (Å²) in [5.74, 6) is -1.11. The first-order valence-electron chi connectivity index (χ1n) is 12.5. The smallest absolute Gasteiger partial charge is 0.242 e. The van der Waals surface area contributed by atoms with Gasteiger partial charge in [0, 0.05) is 24.8 Å². The highest BCUT2D eigenvalue weighted by Gasteiger charge is 2.42. The third kappa shape index (κ3) is 6.98. The van der Waals surface area contributed by atoms with Gasteiger partial charge in [-0.2, -0.15) is 0 Å². The van der Waals surface area contributed by atoms with E-state index in [9.17, 15) is 18.4 Å². The van der Waals surface area contributed by atoms with Crippen LogP contribution in [0.2, 0.25) is 0 Å².